The molecule has 0 spiro atoms. The highest BCUT2D eigenvalue weighted by Crippen LogP contribution is 2.20. The lowest BCUT2D eigenvalue weighted by molar-refractivity contribution is -0.608. The lowest BCUT2D eigenvalue weighted by Gasteiger charge is -2.21. The number of ether oxygens (including phenoxy) is 2. The third-order valence-corrected chi connectivity index (χ3v) is 2.04. The molecule has 0 aromatic heterocycles. The molecule has 0 radical (unpaired) electrons. The molecule has 16 heavy (non-hydrogen) atoms. The summed E-state index contributed by atoms with van der Waals surface area (Å²) in [6, 6.07) is 0. The van der Waals surface area contributed by atoms with Gasteiger partial charge in [0, 0.05) is 6.42 Å². The monoisotopic (exact) mass is 234 g/mol. The van der Waals surface area contributed by atoms with E-state index in [0.29, 0.717) is 0 Å². The Balaban J connectivity index is 5.54. The molecule has 0 aromatic carbocycles. The maximum absolute atomic E-state index is 11.5. The lowest BCUT2D eigenvalue weighted by atomic mass is 9.97. The van der Waals surface area contributed by atoms with Crippen LogP contribution in [-0.4, -0.2) is 43.7 Å². The largest absolute Gasteiger partial charge is 0.596 e. The molecule has 0 aliphatic heterocycles. The third kappa shape index (κ3) is 2.20. The van der Waals surface area contributed by atoms with Crippen molar-refractivity contribution in [1.82, 2.24) is 0 Å². The second-order valence-electron chi connectivity index (χ2n) is 2.73. The predicted molar refractivity (Wildman–Crippen MR) is 50.1 cm³/mol. The van der Waals surface area contributed by atoms with Crippen molar-refractivity contribution in [3.8, 4) is 0 Å². The van der Waals surface area contributed by atoms with E-state index in [1.54, 1.807) is 0 Å². The van der Waals surface area contributed by atoms with Gasteiger partial charge in [0.1, 0.15) is 7.11 Å². The molecular formula is C8H14N2O6. The summed E-state index contributed by atoms with van der Waals surface area (Å²) in [4.78, 5) is 27.1. The molecule has 0 saturated carbocycles. The first-order valence-electron chi connectivity index (χ1n) is 4.39. The van der Waals surface area contributed by atoms with Crippen LogP contribution in [0, 0.1) is 5.21 Å². The van der Waals surface area contributed by atoms with E-state index in [4.69, 9.17) is 0 Å². The van der Waals surface area contributed by atoms with Gasteiger partial charge in [0.15, 0.2) is 0 Å². The highest BCUT2D eigenvalue weighted by atomic mass is 16.7. The average Bonchev–Trinajstić information content (AvgIpc) is 2.30. The summed E-state index contributed by atoms with van der Waals surface area (Å²) < 4.78 is 8.80. The Bertz CT molecular complexity index is 285. The summed E-state index contributed by atoms with van der Waals surface area (Å²) in [6.07, 6.45) is -0.164. The molecule has 0 bridgehead atoms. The van der Waals surface area contributed by atoms with Crippen molar-refractivity contribution in [1.29, 1.82) is 0 Å². The van der Waals surface area contributed by atoms with Gasteiger partial charge < -0.3 is 19.5 Å². The van der Waals surface area contributed by atoms with E-state index in [0.717, 1.165) is 21.3 Å². The lowest BCUT2D eigenvalue weighted by Crippen LogP contribution is -2.54. The molecule has 0 fully saturated rings. The van der Waals surface area contributed by atoms with Gasteiger partial charge in [-0.05, 0) is 4.86 Å². The molecule has 0 unspecified atom stereocenters. The molecule has 0 aliphatic carbocycles. The van der Waals surface area contributed by atoms with Crippen LogP contribution in [0.25, 0.3) is 0 Å². The van der Waals surface area contributed by atoms with Gasteiger partial charge in [-0.15, -0.1) is 0 Å². The Morgan fingerprint density at radius 3 is 1.94 bits per heavy atom. The van der Waals surface area contributed by atoms with Crippen molar-refractivity contribution >= 4 is 11.9 Å². The summed E-state index contributed by atoms with van der Waals surface area (Å²) in [6.45, 7) is 1.45. The zero-order valence-electron chi connectivity index (χ0n) is 9.55. The second kappa shape index (κ2) is 5.89. The number of esters is 2. The quantitative estimate of drug-likeness (QED) is 0.218. The van der Waals surface area contributed by atoms with Crippen molar-refractivity contribution in [3.05, 3.63) is 5.21 Å². The van der Waals surface area contributed by atoms with Gasteiger partial charge in [-0.25, -0.2) is 9.59 Å². The molecule has 0 N–H and O–H groups in total. The van der Waals surface area contributed by atoms with E-state index in [-0.39, 0.29) is 11.3 Å². The Morgan fingerprint density at radius 1 is 1.25 bits per heavy atom. The normalized spacial score (nSPS) is 11.9. The Morgan fingerprint density at radius 2 is 1.69 bits per heavy atom. The molecule has 0 aliphatic rings. The SMILES string of the molecule is CCC(C(=O)OC)(C(=O)OC)/[N+]([O-])=N/OC. The van der Waals surface area contributed by atoms with Crippen LogP contribution in [0.5, 0.6) is 0 Å². The van der Waals surface area contributed by atoms with Crippen molar-refractivity contribution < 1.29 is 28.8 Å². The van der Waals surface area contributed by atoms with Crippen LogP contribution in [0.1, 0.15) is 13.3 Å². The Kier molecular flexibility index (Phi) is 5.20. The molecular weight excluding hydrogens is 220 g/mol. The first-order chi connectivity index (χ1) is 7.50. The van der Waals surface area contributed by atoms with Crippen molar-refractivity contribution in [2.24, 2.45) is 5.28 Å². The topological polar surface area (TPSA) is 100 Å². The first kappa shape index (κ1) is 14.1. The van der Waals surface area contributed by atoms with Crippen LogP contribution >= 0.6 is 0 Å². The molecule has 0 amide bonds. The molecule has 0 rings (SSSR count). The van der Waals surface area contributed by atoms with E-state index < -0.39 is 17.5 Å². The van der Waals surface area contributed by atoms with E-state index in [9.17, 15) is 14.8 Å². The molecule has 0 heterocycles. The summed E-state index contributed by atoms with van der Waals surface area (Å²) >= 11 is 0. The third-order valence-electron chi connectivity index (χ3n) is 2.04. The van der Waals surface area contributed by atoms with Crippen LogP contribution < -0.4 is 0 Å². The summed E-state index contributed by atoms with van der Waals surface area (Å²) in [5.74, 6) is -2.12. The number of carbonyl (C=O) groups excluding carboxylic acids is 2. The molecule has 0 atom stereocenters. The highest BCUT2D eigenvalue weighted by molar-refractivity contribution is 6.03. The van der Waals surface area contributed by atoms with Gasteiger partial charge in [0.25, 0.3) is 0 Å². The van der Waals surface area contributed by atoms with Gasteiger partial charge in [0.05, 0.1) is 14.2 Å². The van der Waals surface area contributed by atoms with E-state index in [1.807, 2.05) is 0 Å². The number of rotatable bonds is 5. The van der Waals surface area contributed by atoms with Gasteiger partial charge in [-0.3, -0.25) is 0 Å². The maximum Gasteiger partial charge on any atom is 0.394 e. The highest BCUT2D eigenvalue weighted by Gasteiger charge is 2.58. The molecule has 8 heteroatoms. The van der Waals surface area contributed by atoms with Gasteiger partial charge in [-0.2, -0.15) is 0 Å². The van der Waals surface area contributed by atoms with E-state index in [1.165, 1.54) is 6.92 Å². The van der Waals surface area contributed by atoms with Crippen LogP contribution in [0.3, 0.4) is 0 Å². The van der Waals surface area contributed by atoms with Crippen molar-refractivity contribution in [3.63, 3.8) is 0 Å². The fourth-order valence-corrected chi connectivity index (χ4v) is 1.14. The fourth-order valence-electron chi connectivity index (χ4n) is 1.14. The summed E-state index contributed by atoms with van der Waals surface area (Å²) in [5, 5.41) is 14.5. The molecule has 0 aromatic rings. The number of nitrogens with zero attached hydrogens (tertiary/aromatic N) is 2. The minimum atomic E-state index is -2.17. The molecule has 8 nitrogen and oxygen atoms in total. The Labute approximate surface area is 92.3 Å². The summed E-state index contributed by atoms with van der Waals surface area (Å²) in [5.41, 5.74) is -2.17. The first-order valence-corrected chi connectivity index (χ1v) is 4.39. The predicted octanol–water partition coefficient (Wildman–Crippen LogP) is 0.00510. The number of methoxy groups -OCH3 is 2. The van der Waals surface area contributed by atoms with Gasteiger partial charge >= 0.3 is 17.5 Å². The van der Waals surface area contributed by atoms with Crippen molar-refractivity contribution in [2.45, 2.75) is 18.9 Å². The van der Waals surface area contributed by atoms with Crippen LogP contribution in [0.2, 0.25) is 0 Å². The second-order valence-corrected chi connectivity index (χ2v) is 2.73. The number of hydrogen-bond acceptors (Lipinski definition) is 7. The van der Waals surface area contributed by atoms with Gasteiger partial charge in [-0.1, -0.05) is 6.92 Å². The fraction of sp³-hybridized carbons (Fsp3) is 0.750. The van der Waals surface area contributed by atoms with E-state index in [2.05, 4.69) is 19.6 Å². The number of carbonyl (C=O) groups is 2. The number of hydroxylamine groups is 1. The zero-order valence-corrected chi connectivity index (χ0v) is 9.55. The van der Waals surface area contributed by atoms with Crippen LogP contribution in [0.15, 0.2) is 5.28 Å². The van der Waals surface area contributed by atoms with Crippen molar-refractivity contribution in [2.75, 3.05) is 21.3 Å². The standard InChI is InChI=1S/C8H14N2O6/c1-5-8(6(11)14-2,7(12)15-3)10(13)9-16-4/h5H2,1-4H3/b10-9-. The molecule has 0 saturated heterocycles. The maximum atomic E-state index is 11.5. The smallest absolute Gasteiger partial charge is 0.394 e. The average molecular weight is 234 g/mol. The van der Waals surface area contributed by atoms with Crippen LogP contribution in [0.4, 0.5) is 0 Å². The summed E-state index contributed by atoms with van der Waals surface area (Å²) in [7, 11) is 3.21. The van der Waals surface area contributed by atoms with E-state index >= 15 is 0 Å². The zero-order chi connectivity index (χ0) is 12.8. The minimum absolute atomic E-state index is 0.162. The molecule has 92 valence electrons. The Hall–Kier alpha value is -1.86. The van der Waals surface area contributed by atoms with Gasteiger partial charge in [0.2, 0.25) is 5.28 Å². The number of hydrogen-bond donors (Lipinski definition) is 0. The minimum Gasteiger partial charge on any atom is -0.596 e. The van der Waals surface area contributed by atoms with Crippen LogP contribution in [-0.2, 0) is 23.9 Å².